The SMILES string of the molecule is C=CCCC(=O)NC[C@@H]1Cc2c(ccc3cc(-c4ncccn4)ccc23)O1. The predicted molar refractivity (Wildman–Crippen MR) is 106 cm³/mol. The second kappa shape index (κ2) is 7.58. The maximum absolute atomic E-state index is 11.8. The van der Waals surface area contributed by atoms with Crippen LogP contribution in [0.15, 0.2) is 61.4 Å². The van der Waals surface area contributed by atoms with Crippen molar-refractivity contribution in [2.75, 3.05) is 6.54 Å². The lowest BCUT2D eigenvalue weighted by molar-refractivity contribution is -0.121. The van der Waals surface area contributed by atoms with E-state index in [1.54, 1.807) is 18.5 Å². The fraction of sp³-hybridized carbons (Fsp3) is 0.227. The number of carbonyl (C=O) groups excluding carboxylic acids is 1. The quantitative estimate of drug-likeness (QED) is 0.682. The molecule has 0 bridgehead atoms. The number of fused-ring (bicyclic) bond motifs is 3. The first-order valence-corrected chi connectivity index (χ1v) is 9.12. The van der Waals surface area contributed by atoms with Crippen molar-refractivity contribution < 1.29 is 9.53 Å². The summed E-state index contributed by atoms with van der Waals surface area (Å²) in [5.74, 6) is 1.65. The zero-order chi connectivity index (χ0) is 18.6. The lowest BCUT2D eigenvalue weighted by Gasteiger charge is -2.11. The molecule has 1 amide bonds. The summed E-state index contributed by atoms with van der Waals surface area (Å²) in [5.41, 5.74) is 2.19. The number of hydrogen-bond acceptors (Lipinski definition) is 4. The first-order valence-electron chi connectivity index (χ1n) is 9.12. The maximum Gasteiger partial charge on any atom is 0.220 e. The molecule has 0 unspecified atom stereocenters. The molecule has 3 aromatic rings. The topological polar surface area (TPSA) is 64.1 Å². The molecule has 0 spiro atoms. The molecule has 0 aliphatic carbocycles. The predicted octanol–water partition coefficient (Wildman–Crippen LogP) is 3.68. The van der Waals surface area contributed by atoms with Crippen molar-refractivity contribution in [3.8, 4) is 17.1 Å². The lowest BCUT2D eigenvalue weighted by Crippen LogP contribution is -2.34. The van der Waals surface area contributed by atoms with Gasteiger partial charge in [-0.05, 0) is 35.4 Å². The number of aromatic nitrogens is 2. The van der Waals surface area contributed by atoms with Gasteiger partial charge in [0.05, 0.1) is 6.54 Å². The van der Waals surface area contributed by atoms with Crippen LogP contribution in [0, 0.1) is 0 Å². The Hall–Kier alpha value is -3.21. The van der Waals surface area contributed by atoms with Crippen LogP contribution in [0.1, 0.15) is 18.4 Å². The molecule has 0 radical (unpaired) electrons. The summed E-state index contributed by atoms with van der Waals surface area (Å²) in [6.07, 6.45) is 7.16. The van der Waals surface area contributed by atoms with E-state index < -0.39 is 0 Å². The highest BCUT2D eigenvalue weighted by atomic mass is 16.5. The first kappa shape index (κ1) is 17.2. The first-order chi connectivity index (χ1) is 13.2. The van der Waals surface area contributed by atoms with Crippen LogP contribution in [0.5, 0.6) is 5.75 Å². The Morgan fingerprint density at radius 3 is 2.93 bits per heavy atom. The fourth-order valence-electron chi connectivity index (χ4n) is 3.39. The van der Waals surface area contributed by atoms with E-state index in [0.29, 0.717) is 19.4 Å². The molecule has 27 heavy (non-hydrogen) atoms. The molecule has 4 rings (SSSR count). The number of nitrogens with one attached hydrogen (secondary N) is 1. The van der Waals surface area contributed by atoms with Crippen LogP contribution in [0.4, 0.5) is 0 Å². The molecule has 5 heteroatoms. The highest BCUT2D eigenvalue weighted by Crippen LogP contribution is 2.36. The third kappa shape index (κ3) is 3.67. The van der Waals surface area contributed by atoms with Crippen LogP contribution in [-0.2, 0) is 11.2 Å². The minimum absolute atomic E-state index is 0.0320. The van der Waals surface area contributed by atoms with Crippen molar-refractivity contribution in [2.45, 2.75) is 25.4 Å². The molecule has 2 heterocycles. The normalized spacial score (nSPS) is 15.2. The van der Waals surface area contributed by atoms with E-state index in [2.05, 4.69) is 40.1 Å². The summed E-state index contributed by atoms with van der Waals surface area (Å²) >= 11 is 0. The van der Waals surface area contributed by atoms with E-state index in [4.69, 9.17) is 4.74 Å². The maximum atomic E-state index is 11.8. The number of ether oxygens (including phenoxy) is 1. The molecule has 1 aliphatic rings. The van der Waals surface area contributed by atoms with E-state index in [-0.39, 0.29) is 12.0 Å². The van der Waals surface area contributed by atoms with Gasteiger partial charge in [-0.3, -0.25) is 4.79 Å². The number of carbonyl (C=O) groups is 1. The van der Waals surface area contributed by atoms with Crippen molar-refractivity contribution in [2.24, 2.45) is 0 Å². The van der Waals surface area contributed by atoms with Crippen molar-refractivity contribution in [1.82, 2.24) is 15.3 Å². The molecule has 0 fully saturated rings. The van der Waals surface area contributed by atoms with Gasteiger partial charge in [0.25, 0.3) is 0 Å². The monoisotopic (exact) mass is 359 g/mol. The van der Waals surface area contributed by atoms with Crippen molar-refractivity contribution >= 4 is 16.7 Å². The number of amides is 1. The Morgan fingerprint density at radius 2 is 2.11 bits per heavy atom. The van der Waals surface area contributed by atoms with Crippen LogP contribution >= 0.6 is 0 Å². The average Bonchev–Trinajstić information content (AvgIpc) is 3.14. The third-order valence-electron chi connectivity index (χ3n) is 4.74. The van der Waals surface area contributed by atoms with Crippen molar-refractivity contribution in [3.05, 3.63) is 67.0 Å². The van der Waals surface area contributed by atoms with Crippen molar-refractivity contribution in [3.63, 3.8) is 0 Å². The van der Waals surface area contributed by atoms with Crippen LogP contribution in [-0.4, -0.2) is 28.5 Å². The summed E-state index contributed by atoms with van der Waals surface area (Å²) in [5, 5.41) is 5.26. The molecule has 0 saturated heterocycles. The average molecular weight is 359 g/mol. The van der Waals surface area contributed by atoms with Crippen LogP contribution < -0.4 is 10.1 Å². The zero-order valence-electron chi connectivity index (χ0n) is 15.0. The third-order valence-corrected chi connectivity index (χ3v) is 4.74. The van der Waals surface area contributed by atoms with Gasteiger partial charge in [0, 0.05) is 36.4 Å². The van der Waals surface area contributed by atoms with Gasteiger partial charge in [-0.15, -0.1) is 6.58 Å². The van der Waals surface area contributed by atoms with Crippen LogP contribution in [0.25, 0.3) is 22.2 Å². The Kier molecular flexibility index (Phi) is 4.83. The largest absolute Gasteiger partial charge is 0.488 e. The minimum atomic E-state index is -0.0320. The summed E-state index contributed by atoms with van der Waals surface area (Å²) in [4.78, 5) is 20.4. The minimum Gasteiger partial charge on any atom is -0.488 e. The van der Waals surface area contributed by atoms with E-state index >= 15 is 0 Å². The van der Waals surface area contributed by atoms with Gasteiger partial charge in [-0.25, -0.2) is 9.97 Å². The molecule has 0 saturated carbocycles. The van der Waals surface area contributed by atoms with Gasteiger partial charge >= 0.3 is 0 Å². The molecular formula is C22H21N3O2. The Morgan fingerprint density at radius 1 is 1.26 bits per heavy atom. The summed E-state index contributed by atoms with van der Waals surface area (Å²) in [6, 6.07) is 12.1. The number of rotatable bonds is 6. The van der Waals surface area contributed by atoms with Gasteiger partial charge in [-0.1, -0.05) is 24.3 Å². The number of hydrogen-bond donors (Lipinski definition) is 1. The van der Waals surface area contributed by atoms with Gasteiger partial charge < -0.3 is 10.1 Å². The number of allylic oxidation sites excluding steroid dienone is 1. The summed E-state index contributed by atoms with van der Waals surface area (Å²) in [6.45, 7) is 4.16. The Balaban J connectivity index is 1.51. The van der Waals surface area contributed by atoms with Crippen LogP contribution in [0.3, 0.4) is 0 Å². The zero-order valence-corrected chi connectivity index (χ0v) is 15.0. The molecule has 1 atom stereocenters. The fourth-order valence-corrected chi connectivity index (χ4v) is 3.39. The number of benzene rings is 2. The van der Waals surface area contributed by atoms with Crippen molar-refractivity contribution in [1.29, 1.82) is 0 Å². The smallest absolute Gasteiger partial charge is 0.220 e. The van der Waals surface area contributed by atoms with E-state index in [1.165, 1.54) is 10.9 Å². The van der Waals surface area contributed by atoms with Gasteiger partial charge in [0.1, 0.15) is 11.9 Å². The Labute approximate surface area is 158 Å². The lowest BCUT2D eigenvalue weighted by atomic mass is 9.99. The molecule has 5 nitrogen and oxygen atoms in total. The highest BCUT2D eigenvalue weighted by Gasteiger charge is 2.25. The van der Waals surface area contributed by atoms with Gasteiger partial charge in [0.15, 0.2) is 5.82 Å². The molecule has 2 aromatic carbocycles. The molecule has 1 N–H and O–H groups in total. The van der Waals surface area contributed by atoms with Crippen LogP contribution in [0.2, 0.25) is 0 Å². The summed E-state index contributed by atoms with van der Waals surface area (Å²) < 4.78 is 6.03. The number of nitrogens with zero attached hydrogens (tertiary/aromatic N) is 2. The molecule has 1 aromatic heterocycles. The molecule has 1 aliphatic heterocycles. The second-order valence-corrected chi connectivity index (χ2v) is 6.63. The van der Waals surface area contributed by atoms with Gasteiger partial charge in [-0.2, -0.15) is 0 Å². The Bertz CT molecular complexity index is 986. The van der Waals surface area contributed by atoms with Gasteiger partial charge in [0.2, 0.25) is 5.91 Å². The molecule has 136 valence electrons. The highest BCUT2D eigenvalue weighted by molar-refractivity contribution is 5.91. The van der Waals surface area contributed by atoms with E-state index in [1.807, 2.05) is 18.2 Å². The van der Waals surface area contributed by atoms with E-state index in [0.717, 1.165) is 28.9 Å². The molecular weight excluding hydrogens is 338 g/mol. The standard InChI is InChI=1S/C22H21N3O2/c1-2-3-5-21(26)25-14-17-13-19-18-8-6-16(22-23-10-4-11-24-22)12-15(18)7-9-20(19)27-17/h2,4,6-12,17H,1,3,5,13-14H2,(H,25,26)/t17-/m0/s1. The summed E-state index contributed by atoms with van der Waals surface area (Å²) in [7, 11) is 0. The van der Waals surface area contributed by atoms with E-state index in [9.17, 15) is 4.79 Å². The second-order valence-electron chi connectivity index (χ2n) is 6.63.